The number of aromatic nitrogens is 3. The lowest BCUT2D eigenvalue weighted by atomic mass is 9.99. The fourth-order valence-corrected chi connectivity index (χ4v) is 4.10. The van der Waals surface area contributed by atoms with E-state index < -0.39 is 0 Å². The molecule has 2 aliphatic heterocycles. The highest BCUT2D eigenvalue weighted by molar-refractivity contribution is 5.79. The molecule has 0 N–H and O–H groups in total. The zero-order valence-corrected chi connectivity index (χ0v) is 16.1. The maximum absolute atomic E-state index is 13.1. The van der Waals surface area contributed by atoms with E-state index in [1.807, 2.05) is 29.2 Å². The highest BCUT2D eigenvalue weighted by Gasteiger charge is 2.33. The number of ether oxygens (including phenoxy) is 1. The number of rotatable bonds is 4. The van der Waals surface area contributed by atoms with Crippen molar-refractivity contribution >= 4 is 5.91 Å². The summed E-state index contributed by atoms with van der Waals surface area (Å²) in [6.07, 6.45) is 3.51. The number of likely N-dealkylation sites (N-methyl/N-ethyl adjacent to an activating group) is 1. The van der Waals surface area contributed by atoms with Crippen LogP contribution < -0.4 is 4.74 Å². The average Bonchev–Trinajstić information content (AvgIpc) is 3.11. The van der Waals surface area contributed by atoms with Crippen LogP contribution in [0.5, 0.6) is 5.75 Å². The Labute approximate surface area is 159 Å². The molecule has 1 fully saturated rings. The molecule has 7 heteroatoms. The Morgan fingerprint density at radius 1 is 1.22 bits per heavy atom. The van der Waals surface area contributed by atoms with E-state index in [2.05, 4.69) is 26.7 Å². The van der Waals surface area contributed by atoms with Crippen LogP contribution in [0.3, 0.4) is 0 Å². The first kappa shape index (κ1) is 18.0. The number of piperidine rings is 1. The monoisotopic (exact) mass is 369 g/mol. The molecule has 0 spiro atoms. The van der Waals surface area contributed by atoms with E-state index in [4.69, 9.17) is 4.74 Å². The minimum atomic E-state index is 0.0292. The summed E-state index contributed by atoms with van der Waals surface area (Å²) in [7, 11) is 3.75. The summed E-state index contributed by atoms with van der Waals surface area (Å²) < 4.78 is 7.51. The van der Waals surface area contributed by atoms with Gasteiger partial charge < -0.3 is 14.2 Å². The van der Waals surface area contributed by atoms with Gasteiger partial charge in [0.05, 0.1) is 26.1 Å². The third kappa shape index (κ3) is 3.69. The van der Waals surface area contributed by atoms with Gasteiger partial charge in [-0.2, -0.15) is 0 Å². The summed E-state index contributed by atoms with van der Waals surface area (Å²) in [5, 5.41) is 8.89. The quantitative estimate of drug-likeness (QED) is 0.825. The Kier molecular flexibility index (Phi) is 5.11. The van der Waals surface area contributed by atoms with E-state index >= 15 is 0 Å². The van der Waals surface area contributed by atoms with Crippen molar-refractivity contribution < 1.29 is 9.53 Å². The zero-order valence-electron chi connectivity index (χ0n) is 16.1. The number of hydrogen-bond acceptors (Lipinski definition) is 5. The normalized spacial score (nSPS) is 20.4. The lowest BCUT2D eigenvalue weighted by Gasteiger charge is -2.36. The van der Waals surface area contributed by atoms with Gasteiger partial charge in [0.15, 0.2) is 5.82 Å². The fourth-order valence-electron chi connectivity index (χ4n) is 4.10. The van der Waals surface area contributed by atoms with Crippen LogP contribution in [0.4, 0.5) is 0 Å². The number of nitrogens with zero attached hydrogens (tertiary/aromatic N) is 5. The summed E-state index contributed by atoms with van der Waals surface area (Å²) in [5.74, 6) is 2.89. The molecule has 1 saturated heterocycles. The number of likely N-dealkylation sites (tertiary alicyclic amines) is 1. The SMILES string of the molecule is COc1cccc(CC(=O)N2CCCC[C@H]2c2nnc3n2CCN(C)C3)c1. The van der Waals surface area contributed by atoms with Crippen LogP contribution >= 0.6 is 0 Å². The Bertz CT molecular complexity index is 818. The van der Waals surface area contributed by atoms with Crippen LogP contribution in [-0.4, -0.2) is 57.7 Å². The molecule has 1 aromatic heterocycles. The number of hydrogen-bond donors (Lipinski definition) is 0. The highest BCUT2D eigenvalue weighted by atomic mass is 16.5. The molecule has 0 bridgehead atoms. The van der Waals surface area contributed by atoms with Crippen molar-refractivity contribution in [1.29, 1.82) is 0 Å². The standard InChI is InChI=1S/C20H27N5O2/c1-23-10-11-25-18(14-23)21-22-20(25)17-8-3-4-9-24(17)19(26)13-15-6-5-7-16(12-15)27-2/h5-7,12,17H,3-4,8-11,13-14H2,1-2H3/t17-/m0/s1. The third-order valence-electron chi connectivity index (χ3n) is 5.58. The van der Waals surface area contributed by atoms with E-state index in [9.17, 15) is 4.79 Å². The molecule has 3 heterocycles. The molecule has 27 heavy (non-hydrogen) atoms. The smallest absolute Gasteiger partial charge is 0.227 e. The van der Waals surface area contributed by atoms with Crippen LogP contribution in [0, 0.1) is 0 Å². The fraction of sp³-hybridized carbons (Fsp3) is 0.550. The van der Waals surface area contributed by atoms with E-state index in [0.717, 1.165) is 68.4 Å². The second kappa shape index (κ2) is 7.68. The lowest BCUT2D eigenvalue weighted by molar-refractivity contribution is -0.134. The van der Waals surface area contributed by atoms with Gasteiger partial charge in [-0.1, -0.05) is 12.1 Å². The zero-order chi connectivity index (χ0) is 18.8. The maximum atomic E-state index is 13.1. The van der Waals surface area contributed by atoms with Crippen molar-refractivity contribution in [2.45, 2.75) is 44.8 Å². The van der Waals surface area contributed by atoms with Crippen LogP contribution in [0.15, 0.2) is 24.3 Å². The van der Waals surface area contributed by atoms with E-state index in [0.29, 0.717) is 6.42 Å². The second-order valence-electron chi connectivity index (χ2n) is 7.49. The topological polar surface area (TPSA) is 63.5 Å². The minimum Gasteiger partial charge on any atom is -0.497 e. The Morgan fingerprint density at radius 3 is 2.96 bits per heavy atom. The largest absolute Gasteiger partial charge is 0.497 e. The molecule has 1 amide bonds. The number of carbonyl (C=O) groups is 1. The van der Waals surface area contributed by atoms with Crippen molar-refractivity contribution in [2.24, 2.45) is 0 Å². The van der Waals surface area contributed by atoms with Gasteiger partial charge in [-0.25, -0.2) is 0 Å². The number of fused-ring (bicyclic) bond motifs is 1. The van der Waals surface area contributed by atoms with Crippen molar-refractivity contribution in [3.63, 3.8) is 0 Å². The Morgan fingerprint density at radius 2 is 2.11 bits per heavy atom. The van der Waals surface area contributed by atoms with Crippen molar-refractivity contribution in [3.8, 4) is 5.75 Å². The minimum absolute atomic E-state index is 0.0292. The Hall–Kier alpha value is -2.41. The second-order valence-corrected chi connectivity index (χ2v) is 7.49. The summed E-state index contributed by atoms with van der Waals surface area (Å²) in [6.45, 7) is 3.48. The average molecular weight is 369 g/mol. The Balaban J connectivity index is 1.55. The van der Waals surface area contributed by atoms with Crippen molar-refractivity contribution in [3.05, 3.63) is 41.5 Å². The third-order valence-corrected chi connectivity index (χ3v) is 5.58. The molecule has 0 aliphatic carbocycles. The number of benzene rings is 1. The van der Waals surface area contributed by atoms with Gasteiger partial charge in [0.1, 0.15) is 11.6 Å². The van der Waals surface area contributed by atoms with Crippen LogP contribution in [0.2, 0.25) is 0 Å². The molecule has 7 nitrogen and oxygen atoms in total. The first-order chi connectivity index (χ1) is 13.2. The van der Waals surface area contributed by atoms with Gasteiger partial charge in [0.2, 0.25) is 5.91 Å². The molecule has 1 aromatic carbocycles. The molecular weight excluding hydrogens is 342 g/mol. The summed E-state index contributed by atoms with van der Waals surface area (Å²) in [6, 6.07) is 7.78. The predicted octanol–water partition coefficient (Wildman–Crippen LogP) is 2.03. The molecule has 0 radical (unpaired) electrons. The summed E-state index contributed by atoms with van der Waals surface area (Å²) in [5.41, 5.74) is 0.980. The van der Waals surface area contributed by atoms with Crippen LogP contribution in [0.25, 0.3) is 0 Å². The van der Waals surface area contributed by atoms with Gasteiger partial charge in [0.25, 0.3) is 0 Å². The number of amides is 1. The van der Waals surface area contributed by atoms with E-state index in [1.54, 1.807) is 7.11 Å². The molecule has 0 unspecified atom stereocenters. The predicted molar refractivity (Wildman–Crippen MR) is 101 cm³/mol. The van der Waals surface area contributed by atoms with E-state index in [1.165, 1.54) is 0 Å². The van der Waals surface area contributed by atoms with Gasteiger partial charge >= 0.3 is 0 Å². The molecule has 4 rings (SSSR count). The first-order valence-corrected chi connectivity index (χ1v) is 9.68. The molecule has 1 atom stereocenters. The number of carbonyl (C=O) groups excluding carboxylic acids is 1. The number of methoxy groups -OCH3 is 1. The van der Waals surface area contributed by atoms with Gasteiger partial charge in [-0.3, -0.25) is 9.69 Å². The molecule has 144 valence electrons. The summed E-state index contributed by atoms with van der Waals surface area (Å²) in [4.78, 5) is 17.4. The van der Waals surface area contributed by atoms with Crippen molar-refractivity contribution in [1.82, 2.24) is 24.6 Å². The highest BCUT2D eigenvalue weighted by Crippen LogP contribution is 2.31. The van der Waals surface area contributed by atoms with E-state index in [-0.39, 0.29) is 11.9 Å². The van der Waals surface area contributed by atoms with Gasteiger partial charge in [-0.15, -0.1) is 10.2 Å². The summed E-state index contributed by atoms with van der Waals surface area (Å²) >= 11 is 0. The van der Waals surface area contributed by atoms with Gasteiger partial charge in [0, 0.05) is 19.6 Å². The van der Waals surface area contributed by atoms with Crippen LogP contribution in [-0.2, 0) is 24.3 Å². The molecular formula is C20H27N5O2. The van der Waals surface area contributed by atoms with Crippen molar-refractivity contribution in [2.75, 3.05) is 27.2 Å². The molecule has 2 aromatic rings. The van der Waals surface area contributed by atoms with Gasteiger partial charge in [-0.05, 0) is 44.0 Å². The molecule has 2 aliphatic rings. The molecule has 0 saturated carbocycles. The van der Waals surface area contributed by atoms with Crippen LogP contribution in [0.1, 0.15) is 42.5 Å². The lowest BCUT2D eigenvalue weighted by Crippen LogP contribution is -2.41. The maximum Gasteiger partial charge on any atom is 0.227 e. The first-order valence-electron chi connectivity index (χ1n) is 9.68.